The molecule has 1 amide bonds. The molecule has 2 saturated carbocycles. The summed E-state index contributed by atoms with van der Waals surface area (Å²) in [4.78, 5) is 30.0. The molecule has 0 saturated heterocycles. The number of H-pyrrole nitrogens is 1. The zero-order valence-corrected chi connectivity index (χ0v) is 18.1. The molecule has 2 aliphatic rings. The van der Waals surface area contributed by atoms with Gasteiger partial charge in [0.2, 0.25) is 0 Å². The summed E-state index contributed by atoms with van der Waals surface area (Å²) < 4.78 is 17.8. The van der Waals surface area contributed by atoms with Crippen LogP contribution in [0.3, 0.4) is 0 Å². The van der Waals surface area contributed by atoms with Gasteiger partial charge in [-0.2, -0.15) is 9.61 Å². The van der Waals surface area contributed by atoms with Gasteiger partial charge in [0.15, 0.2) is 5.65 Å². The zero-order valence-electron chi connectivity index (χ0n) is 18.1. The van der Waals surface area contributed by atoms with Crippen molar-refractivity contribution in [3.05, 3.63) is 46.5 Å². The minimum Gasteiger partial charge on any atom is -0.381 e. The van der Waals surface area contributed by atoms with Crippen molar-refractivity contribution in [2.24, 2.45) is 5.73 Å². The molecule has 0 bridgehead atoms. The molecule has 32 heavy (non-hydrogen) atoms. The number of amides is 1. The third-order valence-electron chi connectivity index (χ3n) is 4.97. The van der Waals surface area contributed by atoms with E-state index in [2.05, 4.69) is 25.7 Å². The van der Waals surface area contributed by atoms with Gasteiger partial charge in [0, 0.05) is 26.4 Å². The van der Waals surface area contributed by atoms with Gasteiger partial charge in [-0.25, -0.2) is 9.37 Å². The van der Waals surface area contributed by atoms with Crippen LogP contribution >= 0.6 is 0 Å². The Morgan fingerprint density at radius 2 is 2.06 bits per heavy atom. The van der Waals surface area contributed by atoms with Crippen LogP contribution in [0, 0.1) is 0 Å². The number of halogens is 1. The van der Waals surface area contributed by atoms with Crippen LogP contribution in [0.2, 0.25) is 0 Å². The molecule has 11 heteroatoms. The van der Waals surface area contributed by atoms with E-state index in [1.54, 1.807) is 32.4 Å². The molecule has 5 N–H and O–H groups in total. The van der Waals surface area contributed by atoms with E-state index in [4.69, 9.17) is 10.5 Å². The number of ether oxygens (including phenoxy) is 1. The van der Waals surface area contributed by atoms with E-state index in [0.29, 0.717) is 29.1 Å². The Morgan fingerprint density at radius 1 is 1.34 bits per heavy atom. The molecule has 0 spiro atoms. The number of nitrogens with zero attached hydrogens (tertiary/aromatic N) is 3. The van der Waals surface area contributed by atoms with Crippen LogP contribution in [0.5, 0.6) is 0 Å². The van der Waals surface area contributed by atoms with Gasteiger partial charge in [-0.15, -0.1) is 0 Å². The standard InChI is InChI=1S/C13H13N7O2.C4H7F.C4H8O/c1-15-10-5-9(18-8-3-2-4-16-13(8)22)19-12-7(11(14)21)6-17-20(10)12;5-4-2-1-3-4;1-5-4-2-3-4/h2-6,15H,1H3,(H2,14,21)(H,16,22)(H,18,19);4H,1-3H2;4H,2-3H2,1H3. The van der Waals surface area contributed by atoms with Gasteiger partial charge in [-0.3, -0.25) is 9.59 Å². The number of pyridine rings is 1. The van der Waals surface area contributed by atoms with Gasteiger partial charge in [0.1, 0.15) is 29.1 Å². The summed E-state index contributed by atoms with van der Waals surface area (Å²) in [6.07, 6.45) is 8.41. The topological polar surface area (TPSA) is 139 Å². The lowest BCUT2D eigenvalue weighted by Crippen LogP contribution is -2.13. The largest absolute Gasteiger partial charge is 0.381 e. The molecule has 0 radical (unpaired) electrons. The fourth-order valence-electron chi connectivity index (χ4n) is 2.70. The van der Waals surface area contributed by atoms with Crippen LogP contribution in [-0.2, 0) is 4.74 Å². The minimum atomic E-state index is -0.626. The normalized spacial score (nSPS) is 15.0. The number of nitrogens with two attached hydrogens (primary N) is 1. The van der Waals surface area contributed by atoms with Gasteiger partial charge in [-0.05, 0) is 44.2 Å². The van der Waals surface area contributed by atoms with Gasteiger partial charge >= 0.3 is 0 Å². The summed E-state index contributed by atoms with van der Waals surface area (Å²) in [7, 11) is 3.47. The van der Waals surface area contributed by atoms with Crippen molar-refractivity contribution >= 4 is 28.9 Å². The first-order valence-corrected chi connectivity index (χ1v) is 10.4. The molecule has 3 heterocycles. The van der Waals surface area contributed by atoms with E-state index in [9.17, 15) is 14.0 Å². The average molecular weight is 445 g/mol. The van der Waals surface area contributed by atoms with Gasteiger partial charge in [-0.1, -0.05) is 0 Å². The lowest BCUT2D eigenvalue weighted by molar-refractivity contribution is 0.100. The lowest BCUT2D eigenvalue weighted by atomic mass is 9.98. The Balaban J connectivity index is 0.000000235. The van der Waals surface area contributed by atoms with Crippen LogP contribution in [0.4, 0.5) is 21.7 Å². The Bertz CT molecular complexity index is 1110. The first-order chi connectivity index (χ1) is 15.4. The third-order valence-corrected chi connectivity index (χ3v) is 4.97. The van der Waals surface area contributed by atoms with Crippen LogP contribution in [0.25, 0.3) is 5.65 Å². The Kier molecular flexibility index (Phi) is 7.77. The highest BCUT2D eigenvalue weighted by atomic mass is 19.1. The lowest BCUT2D eigenvalue weighted by Gasteiger charge is -2.14. The number of rotatable bonds is 5. The number of primary amides is 1. The summed E-state index contributed by atoms with van der Waals surface area (Å²) in [6.45, 7) is 0. The van der Waals surface area contributed by atoms with Crippen molar-refractivity contribution in [1.29, 1.82) is 0 Å². The molecule has 172 valence electrons. The SMILES string of the molecule is CNc1cc(Nc2ccc[nH]c2=O)nc2c(C(N)=O)cnn12.COC1CC1.FC1CCC1. The highest BCUT2D eigenvalue weighted by Gasteiger charge is 2.19. The van der Waals surface area contributed by atoms with E-state index in [1.807, 2.05) is 0 Å². The second-order valence-corrected chi connectivity index (χ2v) is 7.44. The molecule has 5 rings (SSSR count). The molecule has 0 unspecified atom stereocenters. The highest BCUT2D eigenvalue weighted by Crippen LogP contribution is 2.22. The van der Waals surface area contributed by atoms with Gasteiger partial charge in [0.25, 0.3) is 11.5 Å². The number of anilines is 3. The first kappa shape index (κ1) is 23.2. The highest BCUT2D eigenvalue weighted by molar-refractivity contribution is 5.98. The average Bonchev–Trinajstić information content (AvgIpc) is 3.52. The number of methoxy groups -OCH3 is 1. The maximum Gasteiger partial charge on any atom is 0.271 e. The van der Waals surface area contributed by atoms with Crippen molar-refractivity contribution in [3.8, 4) is 0 Å². The molecule has 0 atom stereocenters. The fraction of sp³-hybridized carbons (Fsp3) is 0.429. The number of carbonyl (C=O) groups excluding carboxylic acids is 1. The number of alkyl halides is 1. The summed E-state index contributed by atoms with van der Waals surface area (Å²) >= 11 is 0. The summed E-state index contributed by atoms with van der Waals surface area (Å²) in [5.74, 6) is 0.350. The predicted molar refractivity (Wildman–Crippen MR) is 120 cm³/mol. The number of nitrogens with one attached hydrogen (secondary N) is 3. The second-order valence-electron chi connectivity index (χ2n) is 7.44. The van der Waals surface area contributed by atoms with Crippen molar-refractivity contribution in [1.82, 2.24) is 19.6 Å². The van der Waals surface area contributed by atoms with E-state index in [1.165, 1.54) is 29.8 Å². The third kappa shape index (κ3) is 6.03. The molecule has 0 aliphatic heterocycles. The monoisotopic (exact) mass is 445 g/mol. The molecule has 2 fully saturated rings. The zero-order chi connectivity index (χ0) is 23.1. The molecule has 2 aliphatic carbocycles. The first-order valence-electron chi connectivity index (χ1n) is 10.4. The van der Waals surface area contributed by atoms with E-state index in [-0.39, 0.29) is 11.1 Å². The van der Waals surface area contributed by atoms with Gasteiger partial charge in [0.05, 0.1) is 12.3 Å². The van der Waals surface area contributed by atoms with Crippen molar-refractivity contribution in [2.45, 2.75) is 44.4 Å². The summed E-state index contributed by atoms with van der Waals surface area (Å²) in [5.41, 5.74) is 5.87. The number of fused-ring (bicyclic) bond motifs is 1. The quantitative estimate of drug-likeness (QED) is 0.473. The van der Waals surface area contributed by atoms with Crippen LogP contribution in [-0.4, -0.2) is 51.9 Å². The van der Waals surface area contributed by atoms with E-state index in [0.717, 1.165) is 19.3 Å². The van der Waals surface area contributed by atoms with E-state index >= 15 is 0 Å². The maximum absolute atomic E-state index is 11.7. The fourth-order valence-corrected chi connectivity index (χ4v) is 2.70. The number of carbonyl (C=O) groups is 1. The maximum atomic E-state index is 11.7. The number of hydrogen-bond donors (Lipinski definition) is 4. The number of aromatic nitrogens is 4. The number of aromatic amines is 1. The molecular weight excluding hydrogens is 417 g/mol. The molecule has 3 aromatic rings. The van der Waals surface area contributed by atoms with Crippen molar-refractivity contribution in [2.75, 3.05) is 24.8 Å². The van der Waals surface area contributed by atoms with Crippen molar-refractivity contribution in [3.63, 3.8) is 0 Å². The Morgan fingerprint density at radius 3 is 2.53 bits per heavy atom. The minimum absolute atomic E-state index is 0.196. The summed E-state index contributed by atoms with van der Waals surface area (Å²) in [5, 5.41) is 9.92. The second kappa shape index (κ2) is 10.7. The van der Waals surface area contributed by atoms with Crippen molar-refractivity contribution < 1.29 is 13.9 Å². The Labute approximate surface area is 184 Å². The van der Waals surface area contributed by atoms with E-state index < -0.39 is 12.1 Å². The van der Waals surface area contributed by atoms with Crippen LogP contribution in [0.1, 0.15) is 42.5 Å². The molecule has 10 nitrogen and oxygen atoms in total. The van der Waals surface area contributed by atoms with Gasteiger partial charge < -0.3 is 26.1 Å². The Hall–Kier alpha value is -3.47. The number of hydrogen-bond acceptors (Lipinski definition) is 7. The van der Waals surface area contributed by atoms with Crippen LogP contribution in [0.15, 0.2) is 35.4 Å². The smallest absolute Gasteiger partial charge is 0.271 e. The summed E-state index contributed by atoms with van der Waals surface area (Å²) in [6, 6.07) is 4.97. The molecule has 0 aromatic carbocycles. The molecule has 3 aromatic heterocycles. The van der Waals surface area contributed by atoms with Crippen LogP contribution < -0.4 is 21.9 Å². The molecular formula is C21H28FN7O3. The predicted octanol–water partition coefficient (Wildman–Crippen LogP) is 2.61.